The highest BCUT2D eigenvalue weighted by Crippen LogP contribution is 2.33. The summed E-state index contributed by atoms with van der Waals surface area (Å²) in [6.07, 6.45) is 10.0. The minimum atomic E-state index is 0.161. The predicted octanol–water partition coefficient (Wildman–Crippen LogP) is 2.33. The molecule has 13 heavy (non-hydrogen) atoms. The lowest BCUT2D eigenvalue weighted by Gasteiger charge is -2.40. The molecule has 0 saturated heterocycles. The van der Waals surface area contributed by atoms with E-state index in [0.29, 0.717) is 0 Å². The molecule has 1 rings (SSSR count). The van der Waals surface area contributed by atoms with Crippen LogP contribution in [0.3, 0.4) is 0 Å². The van der Waals surface area contributed by atoms with Gasteiger partial charge in [-0.15, -0.1) is 0 Å². The van der Waals surface area contributed by atoms with Crippen LogP contribution < -0.4 is 0 Å². The Morgan fingerprint density at radius 3 is 2.31 bits per heavy atom. The molecule has 0 heterocycles. The molecule has 0 spiro atoms. The topological polar surface area (TPSA) is 27.0 Å². The van der Waals surface area contributed by atoms with Crippen LogP contribution in [0, 0.1) is 11.3 Å². The molecule has 0 aliphatic heterocycles. The zero-order chi connectivity index (χ0) is 9.73. The molecule has 0 aromatic carbocycles. The van der Waals surface area contributed by atoms with Gasteiger partial charge < -0.3 is 4.90 Å². The van der Waals surface area contributed by atoms with Crippen LogP contribution in [0.2, 0.25) is 0 Å². The Labute approximate surface area is 80.8 Å². The van der Waals surface area contributed by atoms with Gasteiger partial charge in [0.05, 0.1) is 6.07 Å². The fraction of sp³-hybridized carbons (Fsp3) is 0.727. The van der Waals surface area contributed by atoms with Crippen LogP contribution in [0.5, 0.6) is 0 Å². The fourth-order valence-corrected chi connectivity index (χ4v) is 2.12. The van der Waals surface area contributed by atoms with Crippen molar-refractivity contribution in [3.8, 4) is 6.07 Å². The summed E-state index contributed by atoms with van der Waals surface area (Å²) in [5.41, 5.74) is 0.161. The van der Waals surface area contributed by atoms with E-state index >= 15 is 0 Å². The normalized spacial score (nSPS) is 22.0. The Balaban J connectivity index is 2.74. The van der Waals surface area contributed by atoms with Crippen molar-refractivity contribution in [2.45, 2.75) is 37.6 Å². The highest BCUT2D eigenvalue weighted by molar-refractivity contribution is 5.14. The first-order valence-electron chi connectivity index (χ1n) is 4.96. The van der Waals surface area contributed by atoms with Crippen molar-refractivity contribution < 1.29 is 0 Å². The lowest BCUT2D eigenvalue weighted by atomic mass is 9.80. The van der Waals surface area contributed by atoms with Crippen LogP contribution in [-0.4, -0.2) is 24.5 Å². The van der Waals surface area contributed by atoms with Gasteiger partial charge in [-0.3, -0.25) is 0 Å². The van der Waals surface area contributed by atoms with Crippen LogP contribution in [0.25, 0.3) is 0 Å². The molecule has 0 radical (unpaired) electrons. The summed E-state index contributed by atoms with van der Waals surface area (Å²) in [6.45, 7) is 0. The number of nitrogens with zero attached hydrogens (tertiary/aromatic N) is 2. The van der Waals surface area contributed by atoms with Crippen molar-refractivity contribution in [2.75, 3.05) is 14.1 Å². The van der Waals surface area contributed by atoms with Crippen molar-refractivity contribution in [3.63, 3.8) is 0 Å². The summed E-state index contributed by atoms with van der Waals surface area (Å²) in [4.78, 5) is 2.25. The third kappa shape index (κ3) is 2.32. The summed E-state index contributed by atoms with van der Waals surface area (Å²) in [7, 11) is 4.21. The van der Waals surface area contributed by atoms with E-state index in [4.69, 9.17) is 5.26 Å². The maximum Gasteiger partial charge on any atom is 0.0909 e. The molecular formula is C11H18N2. The van der Waals surface area contributed by atoms with Crippen molar-refractivity contribution in [1.82, 2.24) is 4.90 Å². The first-order valence-corrected chi connectivity index (χ1v) is 4.96. The van der Waals surface area contributed by atoms with Gasteiger partial charge >= 0.3 is 0 Å². The predicted molar refractivity (Wildman–Crippen MR) is 54.3 cm³/mol. The number of nitriles is 1. The summed E-state index contributed by atoms with van der Waals surface area (Å²) in [5, 5.41) is 8.54. The average Bonchev–Trinajstić information content (AvgIpc) is 2.16. The van der Waals surface area contributed by atoms with E-state index in [1.807, 2.05) is 0 Å². The van der Waals surface area contributed by atoms with Gasteiger partial charge in [-0.05, 0) is 26.9 Å². The van der Waals surface area contributed by atoms with Crippen LogP contribution in [0.4, 0.5) is 0 Å². The molecule has 1 aliphatic rings. The largest absolute Gasteiger partial charge is 0.300 e. The first-order chi connectivity index (χ1) is 6.21. The summed E-state index contributed by atoms with van der Waals surface area (Å²) >= 11 is 0. The zero-order valence-electron chi connectivity index (χ0n) is 8.58. The van der Waals surface area contributed by atoms with E-state index in [2.05, 4.69) is 31.1 Å². The van der Waals surface area contributed by atoms with Crippen LogP contribution in [-0.2, 0) is 0 Å². The molecule has 0 atom stereocenters. The highest BCUT2D eigenvalue weighted by Gasteiger charge is 2.31. The molecule has 1 saturated carbocycles. The third-order valence-electron chi connectivity index (χ3n) is 3.08. The van der Waals surface area contributed by atoms with E-state index < -0.39 is 0 Å². The third-order valence-corrected chi connectivity index (χ3v) is 3.08. The van der Waals surface area contributed by atoms with Gasteiger partial charge in [0.2, 0.25) is 0 Å². The summed E-state index contributed by atoms with van der Waals surface area (Å²) in [5.74, 6) is 0. The van der Waals surface area contributed by atoms with Gasteiger partial charge in [0.15, 0.2) is 0 Å². The SMILES string of the molecule is CN(C)C1(C=CC#N)CCCCC1. The van der Waals surface area contributed by atoms with Crippen LogP contribution in [0.1, 0.15) is 32.1 Å². The number of allylic oxidation sites excluding steroid dienone is 1. The molecule has 2 nitrogen and oxygen atoms in total. The zero-order valence-corrected chi connectivity index (χ0v) is 8.58. The maximum absolute atomic E-state index is 8.54. The van der Waals surface area contributed by atoms with Crippen molar-refractivity contribution in [1.29, 1.82) is 5.26 Å². The highest BCUT2D eigenvalue weighted by atomic mass is 15.1. The van der Waals surface area contributed by atoms with E-state index in [-0.39, 0.29) is 5.54 Å². The van der Waals surface area contributed by atoms with Gasteiger partial charge in [0.1, 0.15) is 0 Å². The number of hydrogen-bond donors (Lipinski definition) is 0. The molecule has 2 heteroatoms. The smallest absolute Gasteiger partial charge is 0.0909 e. The molecule has 0 aromatic heterocycles. The molecule has 0 aromatic rings. The lowest BCUT2D eigenvalue weighted by molar-refractivity contribution is 0.151. The maximum atomic E-state index is 8.54. The molecule has 0 N–H and O–H groups in total. The van der Waals surface area contributed by atoms with Crippen molar-refractivity contribution in [2.24, 2.45) is 0 Å². The van der Waals surface area contributed by atoms with Gasteiger partial charge in [-0.2, -0.15) is 5.26 Å². The van der Waals surface area contributed by atoms with Gasteiger partial charge in [0.25, 0.3) is 0 Å². The Morgan fingerprint density at radius 2 is 1.85 bits per heavy atom. The standard InChI is InChI=1S/C11H18N2/c1-13(2)11(9-6-10-12)7-4-3-5-8-11/h6,9H,3-5,7-8H2,1-2H3. The molecule has 1 aliphatic carbocycles. The van der Waals surface area contributed by atoms with Gasteiger partial charge in [0, 0.05) is 11.6 Å². The first kappa shape index (κ1) is 10.3. The Bertz CT molecular complexity index is 217. The lowest BCUT2D eigenvalue weighted by Crippen LogP contribution is -2.43. The molecular weight excluding hydrogens is 160 g/mol. The number of hydrogen-bond acceptors (Lipinski definition) is 2. The van der Waals surface area contributed by atoms with Gasteiger partial charge in [-0.25, -0.2) is 0 Å². The Kier molecular flexibility index (Phi) is 3.50. The average molecular weight is 178 g/mol. The minimum absolute atomic E-state index is 0.161. The molecule has 72 valence electrons. The second-order valence-electron chi connectivity index (χ2n) is 4.02. The second-order valence-corrected chi connectivity index (χ2v) is 4.02. The van der Waals surface area contributed by atoms with E-state index in [1.165, 1.54) is 32.1 Å². The molecule has 0 unspecified atom stereocenters. The Morgan fingerprint density at radius 1 is 1.23 bits per heavy atom. The van der Waals surface area contributed by atoms with Gasteiger partial charge in [-0.1, -0.05) is 25.3 Å². The number of likely N-dealkylation sites (N-methyl/N-ethyl adjacent to an activating group) is 1. The van der Waals surface area contributed by atoms with E-state index in [1.54, 1.807) is 6.08 Å². The number of rotatable bonds is 2. The van der Waals surface area contributed by atoms with Crippen LogP contribution >= 0.6 is 0 Å². The fourth-order valence-electron chi connectivity index (χ4n) is 2.12. The van der Waals surface area contributed by atoms with E-state index in [0.717, 1.165) is 0 Å². The van der Waals surface area contributed by atoms with Crippen molar-refractivity contribution >= 4 is 0 Å². The molecule has 0 amide bonds. The Hall–Kier alpha value is -0.810. The molecule has 0 bridgehead atoms. The summed E-state index contributed by atoms with van der Waals surface area (Å²) in [6, 6.07) is 2.09. The van der Waals surface area contributed by atoms with E-state index in [9.17, 15) is 0 Å². The van der Waals surface area contributed by atoms with Crippen LogP contribution in [0.15, 0.2) is 12.2 Å². The second kappa shape index (κ2) is 4.43. The molecule has 1 fully saturated rings. The van der Waals surface area contributed by atoms with Crippen molar-refractivity contribution in [3.05, 3.63) is 12.2 Å². The quantitative estimate of drug-likeness (QED) is 0.607. The monoisotopic (exact) mass is 178 g/mol. The summed E-state index contributed by atoms with van der Waals surface area (Å²) < 4.78 is 0. The minimum Gasteiger partial charge on any atom is -0.300 e.